The molecule has 0 spiro atoms. The second-order valence-corrected chi connectivity index (χ2v) is 6.10. The van der Waals surface area contributed by atoms with Crippen molar-refractivity contribution in [3.8, 4) is 17.2 Å². The lowest BCUT2D eigenvalue weighted by atomic mass is 10.1. The van der Waals surface area contributed by atoms with Gasteiger partial charge in [-0.3, -0.25) is 0 Å². The highest BCUT2D eigenvalue weighted by molar-refractivity contribution is 9.09. The molecule has 0 saturated heterocycles. The second kappa shape index (κ2) is 6.16. The van der Waals surface area contributed by atoms with Gasteiger partial charge in [-0.05, 0) is 29.8 Å². The topological polar surface area (TPSA) is 27.7 Å². The molecule has 0 N–H and O–H groups in total. The molecule has 2 aromatic carbocycles. The van der Waals surface area contributed by atoms with E-state index >= 15 is 0 Å². The van der Waals surface area contributed by atoms with Crippen molar-refractivity contribution in [2.45, 2.75) is 10.9 Å². The van der Waals surface area contributed by atoms with Gasteiger partial charge in [-0.15, -0.1) is 0 Å². The normalized spacial score (nSPS) is 18.1. The van der Waals surface area contributed by atoms with Crippen LogP contribution < -0.4 is 14.2 Å². The molecular weight excluding hydrogens is 356 g/mol. The highest BCUT2D eigenvalue weighted by Gasteiger charge is 2.28. The van der Waals surface area contributed by atoms with Gasteiger partial charge in [-0.25, -0.2) is 0 Å². The van der Waals surface area contributed by atoms with Gasteiger partial charge in [-0.2, -0.15) is 0 Å². The maximum atomic E-state index is 6.18. The van der Waals surface area contributed by atoms with Crippen molar-refractivity contribution in [1.29, 1.82) is 0 Å². The first kappa shape index (κ1) is 14.5. The van der Waals surface area contributed by atoms with Crippen molar-refractivity contribution in [2.24, 2.45) is 0 Å². The Balaban J connectivity index is 1.80. The van der Waals surface area contributed by atoms with Gasteiger partial charge in [-0.1, -0.05) is 45.7 Å². The summed E-state index contributed by atoms with van der Waals surface area (Å²) in [7, 11) is 1.60. The van der Waals surface area contributed by atoms with Crippen LogP contribution in [0.2, 0.25) is 5.02 Å². The predicted octanol–water partition coefficient (Wildman–Crippen LogP) is 4.62. The standard InChI is InChI=1S/C16H14BrClO3/c1-19-12-7-6-10(8-11(12)18)16(17)15-9-20-13-4-2-3-5-14(13)21-15/h2-8,15-16H,9H2,1H3. The van der Waals surface area contributed by atoms with Gasteiger partial charge in [0, 0.05) is 0 Å². The van der Waals surface area contributed by atoms with E-state index in [1.807, 2.05) is 42.5 Å². The summed E-state index contributed by atoms with van der Waals surface area (Å²) in [6, 6.07) is 13.4. The van der Waals surface area contributed by atoms with Gasteiger partial charge in [0.15, 0.2) is 11.5 Å². The van der Waals surface area contributed by atoms with E-state index in [2.05, 4.69) is 15.9 Å². The van der Waals surface area contributed by atoms with Crippen LogP contribution >= 0.6 is 27.5 Å². The first-order valence-electron chi connectivity index (χ1n) is 6.55. The Morgan fingerprint density at radius 3 is 2.71 bits per heavy atom. The van der Waals surface area contributed by atoms with E-state index in [0.29, 0.717) is 17.4 Å². The van der Waals surface area contributed by atoms with Crippen LogP contribution in [-0.2, 0) is 0 Å². The summed E-state index contributed by atoms with van der Waals surface area (Å²) in [5.41, 5.74) is 1.02. The van der Waals surface area contributed by atoms with E-state index in [4.69, 9.17) is 25.8 Å². The number of hydrogen-bond acceptors (Lipinski definition) is 3. The Labute approximate surface area is 136 Å². The summed E-state index contributed by atoms with van der Waals surface area (Å²) in [5, 5.41) is 0.580. The number of rotatable bonds is 3. The largest absolute Gasteiger partial charge is 0.495 e. The molecule has 0 saturated carbocycles. The molecule has 2 aromatic rings. The lowest BCUT2D eigenvalue weighted by molar-refractivity contribution is 0.0904. The number of ether oxygens (including phenoxy) is 3. The van der Waals surface area contributed by atoms with Crippen LogP contribution in [0.1, 0.15) is 10.4 Å². The minimum Gasteiger partial charge on any atom is -0.495 e. The van der Waals surface area contributed by atoms with Crippen LogP contribution in [0.25, 0.3) is 0 Å². The predicted molar refractivity (Wildman–Crippen MR) is 86.0 cm³/mol. The van der Waals surface area contributed by atoms with Gasteiger partial charge in [0.25, 0.3) is 0 Å². The zero-order valence-electron chi connectivity index (χ0n) is 11.4. The lowest BCUT2D eigenvalue weighted by Gasteiger charge is -2.29. The molecule has 0 radical (unpaired) electrons. The smallest absolute Gasteiger partial charge is 0.161 e. The van der Waals surface area contributed by atoms with Gasteiger partial charge in [0.1, 0.15) is 18.5 Å². The molecule has 0 aliphatic carbocycles. The maximum absolute atomic E-state index is 6.18. The number of fused-ring (bicyclic) bond motifs is 1. The van der Waals surface area contributed by atoms with Crippen LogP contribution in [0.3, 0.4) is 0 Å². The molecule has 2 atom stereocenters. The van der Waals surface area contributed by atoms with E-state index < -0.39 is 0 Å². The summed E-state index contributed by atoms with van der Waals surface area (Å²) in [6.07, 6.45) is -0.121. The summed E-state index contributed by atoms with van der Waals surface area (Å²) in [5.74, 6) is 2.20. The molecule has 5 heteroatoms. The SMILES string of the molecule is COc1ccc(C(Br)C2COc3ccccc3O2)cc1Cl. The molecule has 0 fully saturated rings. The molecule has 1 aliphatic heterocycles. The number of para-hydroxylation sites is 2. The second-order valence-electron chi connectivity index (χ2n) is 4.71. The molecule has 3 rings (SSSR count). The summed E-state index contributed by atoms with van der Waals surface area (Å²) in [4.78, 5) is -0.0192. The molecule has 1 aliphatic rings. The first-order valence-corrected chi connectivity index (χ1v) is 7.84. The van der Waals surface area contributed by atoms with Crippen molar-refractivity contribution in [1.82, 2.24) is 0 Å². The third-order valence-electron chi connectivity index (χ3n) is 3.35. The van der Waals surface area contributed by atoms with Crippen LogP contribution in [0.4, 0.5) is 0 Å². The molecule has 3 nitrogen and oxygen atoms in total. The van der Waals surface area contributed by atoms with Crippen LogP contribution in [0.15, 0.2) is 42.5 Å². The van der Waals surface area contributed by atoms with Crippen LogP contribution in [0.5, 0.6) is 17.2 Å². The highest BCUT2D eigenvalue weighted by atomic mass is 79.9. The van der Waals surface area contributed by atoms with Crippen LogP contribution in [0, 0.1) is 0 Å². The summed E-state index contributed by atoms with van der Waals surface area (Å²) < 4.78 is 16.9. The molecular formula is C16H14BrClO3. The molecule has 1 heterocycles. The van der Waals surface area contributed by atoms with E-state index in [1.165, 1.54) is 0 Å². The zero-order valence-corrected chi connectivity index (χ0v) is 13.7. The Hall–Kier alpha value is -1.39. The van der Waals surface area contributed by atoms with Crippen molar-refractivity contribution >= 4 is 27.5 Å². The van der Waals surface area contributed by atoms with Crippen molar-refractivity contribution < 1.29 is 14.2 Å². The molecule has 0 bridgehead atoms. The first-order chi connectivity index (χ1) is 10.2. The summed E-state index contributed by atoms with van der Waals surface area (Å²) in [6.45, 7) is 0.483. The average Bonchev–Trinajstić information content (AvgIpc) is 2.53. The van der Waals surface area contributed by atoms with E-state index in [-0.39, 0.29) is 10.9 Å². The van der Waals surface area contributed by atoms with Crippen molar-refractivity contribution in [3.05, 3.63) is 53.1 Å². The Morgan fingerprint density at radius 2 is 2.00 bits per heavy atom. The molecule has 0 amide bonds. The zero-order chi connectivity index (χ0) is 14.8. The maximum Gasteiger partial charge on any atom is 0.161 e. The fourth-order valence-electron chi connectivity index (χ4n) is 2.25. The summed E-state index contributed by atoms with van der Waals surface area (Å²) >= 11 is 9.85. The number of alkyl halides is 1. The van der Waals surface area contributed by atoms with Crippen molar-refractivity contribution in [3.63, 3.8) is 0 Å². The Kier molecular flexibility index (Phi) is 4.27. The molecule has 110 valence electrons. The van der Waals surface area contributed by atoms with Gasteiger partial charge < -0.3 is 14.2 Å². The van der Waals surface area contributed by atoms with Gasteiger partial charge in [0.05, 0.1) is 17.0 Å². The fourth-order valence-corrected chi connectivity index (χ4v) is 3.06. The molecule has 0 aromatic heterocycles. The van der Waals surface area contributed by atoms with Crippen LogP contribution in [-0.4, -0.2) is 19.8 Å². The van der Waals surface area contributed by atoms with Crippen molar-refractivity contribution in [2.75, 3.05) is 13.7 Å². The highest BCUT2D eigenvalue weighted by Crippen LogP contribution is 2.39. The third kappa shape index (κ3) is 2.97. The van der Waals surface area contributed by atoms with Gasteiger partial charge >= 0.3 is 0 Å². The Morgan fingerprint density at radius 1 is 1.24 bits per heavy atom. The Bertz CT molecular complexity index is 647. The minimum absolute atomic E-state index is 0.0192. The fraction of sp³-hybridized carbons (Fsp3) is 0.250. The third-order valence-corrected chi connectivity index (χ3v) is 4.76. The quantitative estimate of drug-likeness (QED) is 0.739. The number of methoxy groups -OCH3 is 1. The lowest BCUT2D eigenvalue weighted by Crippen LogP contribution is -2.32. The number of benzene rings is 2. The minimum atomic E-state index is -0.121. The van der Waals surface area contributed by atoms with E-state index in [9.17, 15) is 0 Å². The van der Waals surface area contributed by atoms with E-state index in [0.717, 1.165) is 17.1 Å². The monoisotopic (exact) mass is 368 g/mol. The van der Waals surface area contributed by atoms with E-state index in [1.54, 1.807) is 7.11 Å². The number of halogens is 2. The van der Waals surface area contributed by atoms with Gasteiger partial charge in [0.2, 0.25) is 0 Å². The molecule has 2 unspecified atom stereocenters. The average molecular weight is 370 g/mol. The molecule has 21 heavy (non-hydrogen) atoms. The number of hydrogen-bond donors (Lipinski definition) is 0.